The normalized spacial score (nSPS) is 36.1. The van der Waals surface area contributed by atoms with Gasteiger partial charge in [0.05, 0.1) is 0 Å². The summed E-state index contributed by atoms with van der Waals surface area (Å²) < 4.78 is 0. The maximum atomic E-state index is 7.78. The van der Waals surface area contributed by atoms with Gasteiger partial charge in [0, 0.05) is 0 Å². The summed E-state index contributed by atoms with van der Waals surface area (Å²) in [6, 6.07) is -0.340. The van der Waals surface area contributed by atoms with Crippen LogP contribution in [0.2, 0.25) is 0 Å². The molecule has 2 N–H and O–H groups in total. The molecule has 0 aromatic carbocycles. The molecule has 0 radical (unpaired) electrons. The number of halogens is 2. The van der Waals surface area contributed by atoms with E-state index < -0.39 is 16.5 Å². The molecule has 0 aromatic rings. The van der Waals surface area contributed by atoms with Crippen molar-refractivity contribution < 1.29 is 16.5 Å². The van der Waals surface area contributed by atoms with Gasteiger partial charge in [-0.2, -0.15) is 6.04 Å². The molecule has 2 nitrogen and oxygen atoms in total. The van der Waals surface area contributed by atoms with Gasteiger partial charge in [0.15, 0.2) is 0 Å². The second kappa shape index (κ2) is 6.70. The van der Waals surface area contributed by atoms with Gasteiger partial charge in [-0.1, -0.05) is 32.6 Å². The van der Waals surface area contributed by atoms with E-state index in [2.05, 4.69) is 20.8 Å². The van der Waals surface area contributed by atoms with Gasteiger partial charge < -0.3 is 11.5 Å². The molecule has 1 aliphatic carbocycles. The van der Waals surface area contributed by atoms with Crippen LogP contribution in [0.4, 0.5) is 0 Å². The van der Waals surface area contributed by atoms with E-state index in [1.54, 1.807) is 0 Å². The first-order chi connectivity index (χ1) is 6.35. The quantitative estimate of drug-likeness (QED) is 0.548. The van der Waals surface area contributed by atoms with Crippen molar-refractivity contribution >= 4 is 18.8 Å². The van der Waals surface area contributed by atoms with Gasteiger partial charge in [0.2, 0.25) is 0 Å². The summed E-state index contributed by atoms with van der Waals surface area (Å²) in [5.74, 6) is 0.633. The summed E-state index contributed by atoms with van der Waals surface area (Å²) >= 11 is -0.472. The summed E-state index contributed by atoms with van der Waals surface area (Å²) in [5.41, 5.74) is 15.5. The molecule has 1 rings (SSSR count). The standard InChI is InChI=1S/C9H18N2.2ClH.Pt/c1-6-4-7(10)8(11)9(2,3)5-6;;;/h6-8,10-11H,4-5H2,1-3H3;2*1H;/q-2;;;+4/p-2. The zero-order chi connectivity index (χ0) is 11.4. The zero-order valence-electron chi connectivity index (χ0n) is 8.72. The van der Waals surface area contributed by atoms with Gasteiger partial charge in [-0.15, -0.1) is 6.04 Å². The third kappa shape index (κ3) is 4.81. The summed E-state index contributed by atoms with van der Waals surface area (Å²) in [6.07, 6.45) is 2.02. The minimum absolute atomic E-state index is 0.0596. The van der Waals surface area contributed by atoms with Crippen molar-refractivity contribution in [2.45, 2.75) is 45.7 Å². The van der Waals surface area contributed by atoms with Crippen LogP contribution in [0.5, 0.6) is 0 Å². The third-order valence-electron chi connectivity index (χ3n) is 2.78. The second-order valence-electron chi connectivity index (χ2n) is 4.66. The first-order valence-electron chi connectivity index (χ1n) is 4.59. The Bertz CT molecular complexity index is 167. The predicted octanol–water partition coefficient (Wildman–Crippen LogP) is 4.66. The van der Waals surface area contributed by atoms with Gasteiger partial charge in [0.1, 0.15) is 0 Å². The molecule has 0 aliphatic heterocycles. The second-order valence-corrected chi connectivity index (χ2v) is 7.95. The summed E-state index contributed by atoms with van der Waals surface area (Å²) in [6.45, 7) is 6.42. The van der Waals surface area contributed by atoms with E-state index in [1.165, 1.54) is 0 Å². The number of rotatable bonds is 0. The molecule has 1 saturated carbocycles. The third-order valence-corrected chi connectivity index (χ3v) is 2.78. The van der Waals surface area contributed by atoms with E-state index in [9.17, 15) is 0 Å². The molecule has 3 atom stereocenters. The molecule has 5 heteroatoms. The molecule has 1 fully saturated rings. The molecule has 88 valence electrons. The Morgan fingerprint density at radius 2 is 1.71 bits per heavy atom. The molecular weight excluding hydrogens is 402 g/mol. The number of hydrogen-bond acceptors (Lipinski definition) is 0. The molecule has 1 aliphatic rings. The molecule has 0 heterocycles. The van der Waals surface area contributed by atoms with Gasteiger partial charge in [-0.05, 0) is 12.3 Å². The summed E-state index contributed by atoms with van der Waals surface area (Å²) in [5, 5.41) is 0. The van der Waals surface area contributed by atoms with Crippen LogP contribution in [-0.2, 0) is 16.5 Å². The van der Waals surface area contributed by atoms with Crippen molar-refractivity contribution in [1.29, 1.82) is 0 Å². The van der Waals surface area contributed by atoms with E-state index in [1.807, 2.05) is 0 Å². The Morgan fingerprint density at radius 1 is 1.29 bits per heavy atom. The first kappa shape index (κ1) is 15.2. The molecule has 0 bridgehead atoms. The molecule has 3 unspecified atom stereocenters. The van der Waals surface area contributed by atoms with Gasteiger partial charge in [0.25, 0.3) is 0 Å². The zero-order valence-corrected chi connectivity index (χ0v) is 12.5. The van der Waals surface area contributed by atoms with E-state index in [0.29, 0.717) is 5.92 Å². The van der Waals surface area contributed by atoms with Gasteiger partial charge >= 0.3 is 35.3 Å². The van der Waals surface area contributed by atoms with Crippen molar-refractivity contribution in [3.05, 3.63) is 11.5 Å². The molecule has 0 saturated heterocycles. The fourth-order valence-electron chi connectivity index (χ4n) is 2.22. The first-order valence-corrected chi connectivity index (χ1v) is 10.2. The maximum absolute atomic E-state index is 7.78. The Balaban J connectivity index is 0.000000500. The molecule has 0 aromatic heterocycles. The fourth-order valence-corrected chi connectivity index (χ4v) is 2.22. The van der Waals surface area contributed by atoms with E-state index in [0.717, 1.165) is 12.8 Å². The molecule has 14 heavy (non-hydrogen) atoms. The van der Waals surface area contributed by atoms with Crippen LogP contribution in [0.1, 0.15) is 33.6 Å². The van der Waals surface area contributed by atoms with Crippen LogP contribution in [-0.4, -0.2) is 12.1 Å². The van der Waals surface area contributed by atoms with Crippen molar-refractivity contribution in [3.8, 4) is 0 Å². The average Bonchev–Trinajstić information content (AvgIpc) is 2.00. The van der Waals surface area contributed by atoms with Crippen molar-refractivity contribution in [3.63, 3.8) is 0 Å². The monoisotopic (exact) mass is 419 g/mol. The van der Waals surface area contributed by atoms with E-state index in [-0.39, 0.29) is 17.5 Å². The minimum atomic E-state index is -0.472. The van der Waals surface area contributed by atoms with Gasteiger partial charge in [-0.25, -0.2) is 0 Å². The summed E-state index contributed by atoms with van der Waals surface area (Å²) in [4.78, 5) is 0. The molecule has 0 spiro atoms. The van der Waals surface area contributed by atoms with Crippen molar-refractivity contribution in [2.75, 3.05) is 0 Å². The Hall–Kier alpha value is 1.19. The summed E-state index contributed by atoms with van der Waals surface area (Å²) in [7, 11) is 9.75. The van der Waals surface area contributed by atoms with Crippen molar-refractivity contribution in [1.82, 2.24) is 0 Å². The van der Waals surface area contributed by atoms with E-state index in [4.69, 9.17) is 30.3 Å². The predicted molar refractivity (Wildman–Crippen MR) is 60.1 cm³/mol. The van der Waals surface area contributed by atoms with Crippen LogP contribution in [0.15, 0.2) is 0 Å². The Morgan fingerprint density at radius 3 is 2.07 bits per heavy atom. The number of hydrogen-bond donors (Lipinski definition) is 0. The van der Waals surface area contributed by atoms with Crippen LogP contribution < -0.4 is 0 Å². The van der Waals surface area contributed by atoms with Crippen LogP contribution in [0.25, 0.3) is 11.5 Å². The van der Waals surface area contributed by atoms with Crippen LogP contribution >= 0.6 is 18.8 Å². The SMILES string of the molecule is CC1CC([NH-])C([NH-])C(C)(C)C1.[Cl][Pt+2][Cl]. The van der Waals surface area contributed by atoms with Gasteiger partial charge in [-0.3, -0.25) is 0 Å². The fraction of sp³-hybridized carbons (Fsp3) is 1.00. The molecule has 0 amide bonds. The van der Waals surface area contributed by atoms with Crippen LogP contribution in [0.3, 0.4) is 0 Å². The van der Waals surface area contributed by atoms with E-state index >= 15 is 0 Å². The molecular formula is C9H18Cl2N2Pt. The van der Waals surface area contributed by atoms with Crippen LogP contribution in [0, 0.1) is 11.3 Å². The van der Waals surface area contributed by atoms with Crippen molar-refractivity contribution in [2.24, 2.45) is 11.3 Å². The topological polar surface area (TPSA) is 47.6 Å². The Labute approximate surface area is 103 Å². The average molecular weight is 420 g/mol. The Kier molecular flexibility index (Phi) is 7.27. The number of nitrogens with one attached hydrogen (secondary N) is 2.